The van der Waals surface area contributed by atoms with Gasteiger partial charge in [0.2, 0.25) is 0 Å². The van der Waals surface area contributed by atoms with Crippen LogP contribution in [0.15, 0.2) is 34.9 Å². The highest BCUT2D eigenvalue weighted by molar-refractivity contribution is 5.93. The lowest BCUT2D eigenvalue weighted by molar-refractivity contribution is -0.122. The van der Waals surface area contributed by atoms with E-state index < -0.39 is 6.10 Å². The van der Waals surface area contributed by atoms with Gasteiger partial charge in [-0.25, -0.2) is 4.39 Å². The zero-order valence-electron chi connectivity index (χ0n) is 13.7. The molecule has 0 aliphatic rings. The lowest BCUT2D eigenvalue weighted by Gasteiger charge is -2.16. The van der Waals surface area contributed by atoms with Crippen LogP contribution in [0.2, 0.25) is 0 Å². The number of nitrogens with one attached hydrogen (secondary N) is 1. The second-order valence-electron chi connectivity index (χ2n) is 6.28. The molecule has 1 aromatic carbocycles. The van der Waals surface area contributed by atoms with E-state index in [1.807, 2.05) is 27.7 Å². The zero-order valence-corrected chi connectivity index (χ0v) is 13.7. The number of nitrogens with zero attached hydrogens (tertiary/aromatic N) is 1. The van der Waals surface area contributed by atoms with Crippen LogP contribution in [0.4, 0.5) is 10.2 Å². The Hall–Kier alpha value is -2.37. The van der Waals surface area contributed by atoms with Crippen LogP contribution in [0, 0.1) is 5.82 Å². The molecule has 0 saturated carbocycles. The van der Waals surface area contributed by atoms with Gasteiger partial charge in [-0.05, 0) is 30.7 Å². The summed E-state index contributed by atoms with van der Waals surface area (Å²) in [6.07, 6.45) is -0.233. The number of anilines is 1. The smallest absolute Gasteiger partial charge is 0.266 e. The summed E-state index contributed by atoms with van der Waals surface area (Å²) in [6.45, 7) is 7.81. The highest BCUT2D eigenvalue weighted by atomic mass is 19.1. The van der Waals surface area contributed by atoms with Gasteiger partial charge in [0, 0.05) is 11.5 Å². The van der Waals surface area contributed by atoms with Gasteiger partial charge < -0.3 is 14.6 Å². The van der Waals surface area contributed by atoms with Gasteiger partial charge >= 0.3 is 0 Å². The van der Waals surface area contributed by atoms with Gasteiger partial charge in [-0.1, -0.05) is 32.9 Å². The summed E-state index contributed by atoms with van der Waals surface area (Å²) in [6, 6.07) is 7.24. The number of aromatic nitrogens is 1. The van der Waals surface area contributed by atoms with E-state index in [0.29, 0.717) is 23.7 Å². The number of carbonyl (C=O) groups excluding carboxylic acids is 1. The molecule has 23 heavy (non-hydrogen) atoms. The average molecular weight is 320 g/mol. The fourth-order valence-corrected chi connectivity index (χ4v) is 1.89. The molecule has 0 aliphatic carbocycles. The van der Waals surface area contributed by atoms with Crippen molar-refractivity contribution < 1.29 is 18.4 Å². The number of hydrogen-bond donors (Lipinski definition) is 1. The van der Waals surface area contributed by atoms with Crippen LogP contribution in [0.25, 0.3) is 0 Å². The van der Waals surface area contributed by atoms with E-state index in [-0.39, 0.29) is 17.1 Å². The molecule has 0 saturated heterocycles. The van der Waals surface area contributed by atoms with Gasteiger partial charge in [-0.15, -0.1) is 0 Å². The van der Waals surface area contributed by atoms with Crippen molar-refractivity contribution in [3.8, 4) is 5.75 Å². The van der Waals surface area contributed by atoms with E-state index in [2.05, 4.69) is 10.5 Å². The number of ether oxygens (including phenoxy) is 1. The number of carbonyl (C=O) groups is 1. The maximum atomic E-state index is 12.9. The van der Waals surface area contributed by atoms with Crippen molar-refractivity contribution in [1.82, 2.24) is 5.16 Å². The Morgan fingerprint density at radius 3 is 2.52 bits per heavy atom. The summed E-state index contributed by atoms with van der Waals surface area (Å²) in [5.41, 5.74) is -0.190. The Labute approximate surface area is 134 Å². The third kappa shape index (κ3) is 4.55. The predicted molar refractivity (Wildman–Crippen MR) is 84.9 cm³/mol. The number of hydrogen-bond acceptors (Lipinski definition) is 4. The Balaban J connectivity index is 2.02. The molecule has 1 N–H and O–H groups in total. The summed E-state index contributed by atoms with van der Waals surface area (Å²) >= 11 is 0. The lowest BCUT2D eigenvalue weighted by atomic mass is 9.93. The van der Waals surface area contributed by atoms with E-state index in [0.717, 1.165) is 0 Å². The van der Waals surface area contributed by atoms with Crippen molar-refractivity contribution >= 4 is 11.7 Å². The van der Waals surface area contributed by atoms with Gasteiger partial charge in [0.05, 0.1) is 0 Å². The summed E-state index contributed by atoms with van der Waals surface area (Å²) in [4.78, 5) is 12.3. The maximum absolute atomic E-state index is 12.9. The van der Waals surface area contributed by atoms with Crippen LogP contribution in [0.3, 0.4) is 0 Å². The van der Waals surface area contributed by atoms with Gasteiger partial charge in [0.1, 0.15) is 17.3 Å². The summed E-state index contributed by atoms with van der Waals surface area (Å²) < 4.78 is 23.7. The second kappa shape index (κ2) is 6.81. The van der Waals surface area contributed by atoms with Crippen molar-refractivity contribution in [2.75, 3.05) is 5.32 Å². The molecule has 0 aliphatic heterocycles. The van der Waals surface area contributed by atoms with E-state index in [1.165, 1.54) is 24.3 Å². The van der Waals surface area contributed by atoms with Crippen LogP contribution in [0.5, 0.6) is 5.75 Å². The molecule has 0 fully saturated rings. The number of benzene rings is 1. The SMILES string of the molecule is CCC(Oc1ccc(F)cc1)C(=O)Nc1cc(C(C)(C)C)on1. The van der Waals surface area contributed by atoms with Gasteiger partial charge in [0.25, 0.3) is 5.91 Å². The third-order valence-corrected chi connectivity index (χ3v) is 3.26. The highest BCUT2D eigenvalue weighted by Gasteiger charge is 2.23. The molecule has 2 rings (SSSR count). The first-order valence-corrected chi connectivity index (χ1v) is 7.50. The summed E-state index contributed by atoms with van der Waals surface area (Å²) in [5, 5.41) is 6.52. The third-order valence-electron chi connectivity index (χ3n) is 3.26. The first kappa shape index (κ1) is 17.0. The van der Waals surface area contributed by atoms with E-state index in [4.69, 9.17) is 9.26 Å². The Kier molecular flexibility index (Phi) is 5.03. The van der Waals surface area contributed by atoms with Crippen LogP contribution in [-0.4, -0.2) is 17.2 Å². The predicted octanol–water partition coefficient (Wildman–Crippen LogP) is 3.91. The molecule has 1 amide bonds. The normalized spacial score (nSPS) is 12.7. The molecule has 2 aromatic rings. The molecular formula is C17H21FN2O3. The quantitative estimate of drug-likeness (QED) is 0.907. The van der Waals surface area contributed by atoms with Crippen molar-refractivity contribution in [1.29, 1.82) is 0 Å². The minimum atomic E-state index is -0.699. The van der Waals surface area contributed by atoms with Crippen molar-refractivity contribution in [3.05, 3.63) is 41.9 Å². The van der Waals surface area contributed by atoms with Crippen LogP contribution in [0.1, 0.15) is 39.9 Å². The molecule has 0 spiro atoms. The minimum Gasteiger partial charge on any atom is -0.481 e. The average Bonchev–Trinajstić information content (AvgIpc) is 2.95. The monoisotopic (exact) mass is 320 g/mol. The van der Waals surface area contributed by atoms with Crippen molar-refractivity contribution in [2.24, 2.45) is 0 Å². The molecule has 5 nitrogen and oxygen atoms in total. The number of halogens is 1. The molecule has 1 aromatic heterocycles. The first-order chi connectivity index (χ1) is 10.8. The molecular weight excluding hydrogens is 299 g/mol. The highest BCUT2D eigenvalue weighted by Crippen LogP contribution is 2.24. The Morgan fingerprint density at radius 1 is 1.35 bits per heavy atom. The topological polar surface area (TPSA) is 64.4 Å². The largest absolute Gasteiger partial charge is 0.481 e. The van der Waals surface area contributed by atoms with Crippen LogP contribution < -0.4 is 10.1 Å². The summed E-state index contributed by atoms with van der Waals surface area (Å²) in [5.74, 6) is 0.781. The Morgan fingerprint density at radius 2 is 2.00 bits per heavy atom. The van der Waals surface area contributed by atoms with Crippen LogP contribution in [-0.2, 0) is 10.2 Å². The first-order valence-electron chi connectivity index (χ1n) is 7.50. The Bertz CT molecular complexity index is 659. The zero-order chi connectivity index (χ0) is 17.0. The standard InChI is InChI=1S/C17H21FN2O3/c1-5-13(22-12-8-6-11(18)7-9-12)16(21)19-15-10-14(23-20-15)17(2,3)4/h6-10,13H,5H2,1-4H3,(H,19,20,21). The maximum Gasteiger partial charge on any atom is 0.266 e. The van der Waals surface area contributed by atoms with Crippen LogP contribution >= 0.6 is 0 Å². The lowest BCUT2D eigenvalue weighted by Crippen LogP contribution is -2.32. The van der Waals surface area contributed by atoms with E-state index >= 15 is 0 Å². The van der Waals surface area contributed by atoms with Crippen molar-refractivity contribution in [3.63, 3.8) is 0 Å². The molecule has 1 unspecified atom stereocenters. The molecule has 0 bridgehead atoms. The second-order valence-corrected chi connectivity index (χ2v) is 6.28. The fourth-order valence-electron chi connectivity index (χ4n) is 1.89. The minimum absolute atomic E-state index is 0.190. The summed E-state index contributed by atoms with van der Waals surface area (Å²) in [7, 11) is 0. The van der Waals surface area contributed by atoms with E-state index in [1.54, 1.807) is 6.07 Å². The molecule has 1 atom stereocenters. The molecule has 1 heterocycles. The van der Waals surface area contributed by atoms with Gasteiger partial charge in [0.15, 0.2) is 11.9 Å². The van der Waals surface area contributed by atoms with Gasteiger partial charge in [-0.2, -0.15) is 0 Å². The van der Waals surface area contributed by atoms with E-state index in [9.17, 15) is 9.18 Å². The van der Waals surface area contributed by atoms with Crippen molar-refractivity contribution in [2.45, 2.75) is 45.6 Å². The fraction of sp³-hybridized carbons (Fsp3) is 0.412. The van der Waals surface area contributed by atoms with Gasteiger partial charge in [-0.3, -0.25) is 4.79 Å². The number of amides is 1. The molecule has 124 valence electrons. The molecule has 0 radical (unpaired) electrons. The number of rotatable bonds is 5. The molecule has 6 heteroatoms.